The number of benzene rings is 1. The van der Waals surface area contributed by atoms with Crippen LogP contribution in [0.25, 0.3) is 6.08 Å². The molecule has 0 aromatic heterocycles. The molecule has 2 N–H and O–H groups in total. The molecule has 0 aliphatic carbocycles. The summed E-state index contributed by atoms with van der Waals surface area (Å²) in [4.78, 5) is 26.5. The van der Waals surface area contributed by atoms with Crippen molar-refractivity contribution < 1.29 is 9.59 Å². The zero-order valence-electron chi connectivity index (χ0n) is 15.2. The lowest BCUT2D eigenvalue weighted by atomic mass is 9.79. The van der Waals surface area contributed by atoms with Crippen LogP contribution in [-0.2, 0) is 9.59 Å². The van der Waals surface area contributed by atoms with Crippen LogP contribution in [0.15, 0.2) is 17.7 Å². The fourth-order valence-corrected chi connectivity index (χ4v) is 3.84. The molecule has 2 aliphatic rings. The number of aryl methyl sites for hydroxylation is 1. The highest BCUT2D eigenvalue weighted by Crippen LogP contribution is 2.43. The van der Waals surface area contributed by atoms with Crippen LogP contribution in [0.1, 0.15) is 49.8 Å². The van der Waals surface area contributed by atoms with Crippen LogP contribution in [0, 0.1) is 6.92 Å². The van der Waals surface area contributed by atoms with E-state index >= 15 is 0 Å². The monoisotopic (exact) mass is 357 g/mol. The van der Waals surface area contributed by atoms with Gasteiger partial charge in [-0.1, -0.05) is 6.92 Å². The fraction of sp³-hybridized carbons (Fsp3) is 0.421. The maximum Gasteiger partial charge on any atom is 0.263 e. The quantitative estimate of drug-likeness (QED) is 0.461. The SMILES string of the molecule is Cc1cc2c(cc1C=C1C(=O)NC(=S)NC1=O)[C@@H](C)CC(C)(C)N2C. The predicted octanol–water partition coefficient (Wildman–Crippen LogP) is 2.63. The van der Waals surface area contributed by atoms with E-state index in [4.69, 9.17) is 12.2 Å². The Balaban J connectivity index is 2.07. The molecule has 132 valence electrons. The average Bonchev–Trinajstić information content (AvgIpc) is 2.49. The van der Waals surface area contributed by atoms with E-state index in [0.29, 0.717) is 5.92 Å². The topological polar surface area (TPSA) is 61.4 Å². The Hall–Kier alpha value is -2.21. The van der Waals surface area contributed by atoms with Crippen LogP contribution in [-0.4, -0.2) is 29.5 Å². The van der Waals surface area contributed by atoms with E-state index in [1.54, 1.807) is 6.08 Å². The molecule has 2 heterocycles. The number of nitrogens with one attached hydrogen (secondary N) is 2. The number of fused-ring (bicyclic) bond motifs is 1. The van der Waals surface area contributed by atoms with Gasteiger partial charge in [0.2, 0.25) is 0 Å². The molecular weight excluding hydrogens is 334 g/mol. The van der Waals surface area contributed by atoms with Crippen LogP contribution < -0.4 is 15.5 Å². The van der Waals surface area contributed by atoms with E-state index in [2.05, 4.69) is 55.5 Å². The van der Waals surface area contributed by atoms with Crippen LogP contribution in [0.4, 0.5) is 5.69 Å². The van der Waals surface area contributed by atoms with E-state index < -0.39 is 11.8 Å². The van der Waals surface area contributed by atoms with Crippen LogP contribution in [0.2, 0.25) is 0 Å². The maximum atomic E-state index is 12.1. The Morgan fingerprint density at radius 2 is 1.84 bits per heavy atom. The lowest BCUT2D eigenvalue weighted by Gasteiger charge is -2.45. The minimum Gasteiger partial charge on any atom is -0.369 e. The second kappa shape index (κ2) is 5.95. The van der Waals surface area contributed by atoms with Crippen molar-refractivity contribution in [2.75, 3.05) is 11.9 Å². The molecule has 5 nitrogen and oxygen atoms in total. The van der Waals surface area contributed by atoms with E-state index in [9.17, 15) is 9.59 Å². The van der Waals surface area contributed by atoms with E-state index in [1.165, 1.54) is 11.3 Å². The van der Waals surface area contributed by atoms with Crippen LogP contribution >= 0.6 is 12.2 Å². The number of anilines is 1. The molecule has 0 spiro atoms. The number of hydrogen-bond donors (Lipinski definition) is 2. The first-order chi connectivity index (χ1) is 11.6. The van der Waals surface area contributed by atoms with Crippen molar-refractivity contribution in [2.45, 2.75) is 45.6 Å². The molecule has 0 radical (unpaired) electrons. The van der Waals surface area contributed by atoms with Gasteiger partial charge in [0.1, 0.15) is 5.57 Å². The van der Waals surface area contributed by atoms with Crippen molar-refractivity contribution in [1.29, 1.82) is 0 Å². The van der Waals surface area contributed by atoms with E-state index in [0.717, 1.165) is 17.5 Å². The highest BCUT2D eigenvalue weighted by atomic mass is 32.1. The molecule has 1 saturated heterocycles. The van der Waals surface area contributed by atoms with Gasteiger partial charge in [-0.05, 0) is 80.2 Å². The van der Waals surface area contributed by atoms with Crippen molar-refractivity contribution in [3.05, 3.63) is 34.4 Å². The van der Waals surface area contributed by atoms with Crippen LogP contribution in [0.3, 0.4) is 0 Å². The number of carbonyl (C=O) groups is 2. The van der Waals surface area contributed by atoms with Crippen molar-refractivity contribution in [3.8, 4) is 0 Å². The highest BCUT2D eigenvalue weighted by Gasteiger charge is 2.34. The summed E-state index contributed by atoms with van der Waals surface area (Å²) in [5.41, 5.74) is 4.53. The largest absolute Gasteiger partial charge is 0.369 e. The summed E-state index contributed by atoms with van der Waals surface area (Å²) in [6, 6.07) is 4.24. The predicted molar refractivity (Wildman–Crippen MR) is 104 cm³/mol. The van der Waals surface area contributed by atoms with Gasteiger partial charge in [-0.2, -0.15) is 0 Å². The second-order valence-electron chi connectivity index (χ2n) is 7.54. The molecule has 1 aromatic rings. The maximum absolute atomic E-state index is 12.1. The Morgan fingerprint density at radius 3 is 2.44 bits per heavy atom. The Labute approximate surface area is 153 Å². The van der Waals surface area contributed by atoms with Gasteiger partial charge in [-0.25, -0.2) is 0 Å². The summed E-state index contributed by atoms with van der Waals surface area (Å²) in [6.07, 6.45) is 2.69. The highest BCUT2D eigenvalue weighted by molar-refractivity contribution is 7.80. The first-order valence-electron chi connectivity index (χ1n) is 8.37. The summed E-state index contributed by atoms with van der Waals surface area (Å²) in [5, 5.41) is 4.99. The number of amides is 2. The third-order valence-electron chi connectivity index (χ3n) is 5.26. The third-order valence-corrected chi connectivity index (χ3v) is 5.47. The van der Waals surface area contributed by atoms with Crippen LogP contribution in [0.5, 0.6) is 0 Å². The Bertz CT molecular complexity index is 804. The van der Waals surface area contributed by atoms with E-state index in [-0.39, 0.29) is 16.2 Å². The van der Waals surface area contributed by atoms with Gasteiger partial charge in [0.05, 0.1) is 0 Å². The second-order valence-corrected chi connectivity index (χ2v) is 7.95. The van der Waals surface area contributed by atoms with Crippen molar-refractivity contribution >= 4 is 40.9 Å². The summed E-state index contributed by atoms with van der Waals surface area (Å²) in [6.45, 7) is 8.71. The molecule has 1 fully saturated rings. The Morgan fingerprint density at radius 1 is 1.24 bits per heavy atom. The van der Waals surface area contributed by atoms with Gasteiger partial charge >= 0.3 is 0 Å². The molecule has 25 heavy (non-hydrogen) atoms. The zero-order valence-corrected chi connectivity index (χ0v) is 16.0. The van der Waals surface area contributed by atoms with Gasteiger partial charge in [0, 0.05) is 18.3 Å². The first-order valence-corrected chi connectivity index (χ1v) is 8.77. The zero-order chi connectivity index (χ0) is 18.5. The fourth-order valence-electron chi connectivity index (χ4n) is 3.65. The molecule has 2 aliphatic heterocycles. The molecule has 2 amide bonds. The smallest absolute Gasteiger partial charge is 0.263 e. The minimum atomic E-state index is -0.461. The molecule has 0 saturated carbocycles. The lowest BCUT2D eigenvalue weighted by molar-refractivity contribution is -0.123. The van der Waals surface area contributed by atoms with Gasteiger partial charge in [-0.15, -0.1) is 0 Å². The number of nitrogens with zero attached hydrogens (tertiary/aromatic N) is 1. The van der Waals surface area contributed by atoms with Crippen molar-refractivity contribution in [3.63, 3.8) is 0 Å². The van der Waals surface area contributed by atoms with Gasteiger partial charge in [-0.3, -0.25) is 20.2 Å². The normalized spacial score (nSPS) is 22.3. The lowest BCUT2D eigenvalue weighted by Crippen LogP contribution is -2.51. The number of rotatable bonds is 1. The van der Waals surface area contributed by atoms with Gasteiger partial charge in [0.25, 0.3) is 11.8 Å². The molecule has 3 rings (SSSR count). The van der Waals surface area contributed by atoms with Crippen molar-refractivity contribution in [2.24, 2.45) is 0 Å². The first kappa shape index (κ1) is 17.6. The number of hydrogen-bond acceptors (Lipinski definition) is 4. The molecule has 1 atom stereocenters. The minimum absolute atomic E-state index is 0.0480. The summed E-state index contributed by atoms with van der Waals surface area (Å²) < 4.78 is 0. The standard InChI is InChI=1S/C19H23N3O2S/c1-10-6-15-13(11(2)9-19(3,4)22(15)5)7-12(10)8-14-16(23)20-18(25)21-17(14)24/h6-8,11H,9H2,1-5H3,(H2,20,21,23,24,25)/t11-/m0/s1. The number of carbonyl (C=O) groups excluding carboxylic acids is 2. The Kier molecular flexibility index (Phi) is 4.19. The molecule has 0 bridgehead atoms. The molecule has 0 unspecified atom stereocenters. The average molecular weight is 357 g/mol. The molecule has 1 aromatic carbocycles. The summed E-state index contributed by atoms with van der Waals surface area (Å²) in [7, 11) is 2.12. The molecule has 6 heteroatoms. The summed E-state index contributed by atoms with van der Waals surface area (Å²) >= 11 is 4.84. The van der Waals surface area contributed by atoms with Gasteiger partial charge < -0.3 is 4.90 Å². The third kappa shape index (κ3) is 3.06. The summed E-state index contributed by atoms with van der Waals surface area (Å²) in [5.74, 6) is -0.519. The number of thiocarbonyl (C=S) groups is 1. The molecular formula is C19H23N3O2S. The van der Waals surface area contributed by atoms with E-state index in [1.807, 2.05) is 6.92 Å². The van der Waals surface area contributed by atoms with Crippen molar-refractivity contribution in [1.82, 2.24) is 10.6 Å². The van der Waals surface area contributed by atoms with Gasteiger partial charge in [0.15, 0.2) is 5.11 Å².